The van der Waals surface area contributed by atoms with Crippen LogP contribution in [0.5, 0.6) is 0 Å². The molecular formula is C18H20ClN3O3S. The quantitative estimate of drug-likeness (QED) is 0.835. The Morgan fingerprint density at radius 3 is 2.50 bits per heavy atom. The zero-order valence-corrected chi connectivity index (χ0v) is 15.6. The molecule has 0 radical (unpaired) electrons. The summed E-state index contributed by atoms with van der Waals surface area (Å²) in [7, 11) is -3.82. The number of carbonyl (C=O) groups is 1. The summed E-state index contributed by atoms with van der Waals surface area (Å²) in [4.78, 5) is 14.4. The van der Waals surface area contributed by atoms with E-state index in [1.54, 1.807) is 35.2 Å². The zero-order chi connectivity index (χ0) is 18.7. The maximum Gasteiger partial charge on any atom is 0.261 e. The third kappa shape index (κ3) is 4.35. The number of anilines is 1. The van der Waals surface area contributed by atoms with E-state index in [2.05, 4.69) is 4.72 Å². The highest BCUT2D eigenvalue weighted by atomic mass is 35.5. The first-order chi connectivity index (χ1) is 12.3. The summed E-state index contributed by atoms with van der Waals surface area (Å²) in [6.07, 6.45) is 1.50. The number of likely N-dealkylation sites (tertiary alicyclic amines) is 1. The molecule has 1 fully saturated rings. The molecule has 1 aliphatic heterocycles. The second kappa shape index (κ2) is 7.65. The summed E-state index contributed by atoms with van der Waals surface area (Å²) >= 11 is 5.89. The van der Waals surface area contributed by atoms with Crippen LogP contribution in [0.1, 0.15) is 23.2 Å². The summed E-state index contributed by atoms with van der Waals surface area (Å²) in [5.74, 6) is -0.184. The number of nitrogens with two attached hydrogens (primary N) is 1. The molecular weight excluding hydrogens is 374 g/mol. The van der Waals surface area contributed by atoms with Crippen LogP contribution in [0.4, 0.5) is 5.69 Å². The Hall–Kier alpha value is -2.09. The molecule has 0 atom stereocenters. The molecule has 3 N–H and O–H groups in total. The van der Waals surface area contributed by atoms with Crippen molar-refractivity contribution >= 4 is 33.2 Å². The number of hydrogen-bond donors (Lipinski definition) is 2. The number of sulfonamides is 1. The maximum atomic E-state index is 12.6. The van der Waals surface area contributed by atoms with E-state index < -0.39 is 10.0 Å². The first-order valence-electron chi connectivity index (χ1n) is 8.28. The molecule has 0 unspecified atom stereocenters. The Balaban J connectivity index is 1.81. The van der Waals surface area contributed by atoms with E-state index in [1.807, 2.05) is 0 Å². The Morgan fingerprint density at radius 1 is 1.12 bits per heavy atom. The predicted molar refractivity (Wildman–Crippen MR) is 102 cm³/mol. The molecule has 0 aromatic heterocycles. The number of rotatable bonds is 4. The minimum Gasteiger partial charge on any atom is -0.339 e. The SMILES string of the molecule is NC1CCN(C(=O)c2cccc(S(=O)(=O)Nc3cccc(Cl)c3)c2)CC1. The minimum absolute atomic E-state index is 0.0250. The molecule has 8 heteroatoms. The van der Waals surface area contributed by atoms with Gasteiger partial charge in [-0.1, -0.05) is 23.7 Å². The number of nitrogens with one attached hydrogen (secondary N) is 1. The van der Waals surface area contributed by atoms with Gasteiger partial charge in [0.2, 0.25) is 0 Å². The first kappa shape index (κ1) is 18.7. The Labute approximate surface area is 158 Å². The topological polar surface area (TPSA) is 92.5 Å². The molecule has 26 heavy (non-hydrogen) atoms. The summed E-state index contributed by atoms with van der Waals surface area (Å²) in [6, 6.07) is 12.6. The molecule has 1 heterocycles. The van der Waals surface area contributed by atoms with Gasteiger partial charge in [-0.15, -0.1) is 0 Å². The van der Waals surface area contributed by atoms with E-state index in [0.29, 0.717) is 29.4 Å². The number of benzene rings is 2. The van der Waals surface area contributed by atoms with Crippen LogP contribution in [-0.4, -0.2) is 38.4 Å². The number of carbonyl (C=O) groups excluding carboxylic acids is 1. The molecule has 0 saturated carbocycles. The number of hydrogen-bond acceptors (Lipinski definition) is 4. The van der Waals surface area contributed by atoms with E-state index in [1.165, 1.54) is 18.2 Å². The van der Waals surface area contributed by atoms with Crippen molar-refractivity contribution in [1.82, 2.24) is 4.90 Å². The number of piperidine rings is 1. The molecule has 0 aliphatic carbocycles. The fraction of sp³-hybridized carbons (Fsp3) is 0.278. The third-order valence-electron chi connectivity index (χ3n) is 4.29. The number of amides is 1. The van der Waals surface area contributed by atoms with Crippen molar-refractivity contribution in [3.05, 3.63) is 59.1 Å². The summed E-state index contributed by atoms with van der Waals surface area (Å²) in [6.45, 7) is 1.16. The summed E-state index contributed by atoms with van der Waals surface area (Å²) in [5, 5.41) is 0.428. The maximum absolute atomic E-state index is 12.6. The second-order valence-electron chi connectivity index (χ2n) is 6.27. The van der Waals surface area contributed by atoms with Crippen molar-refractivity contribution in [3.63, 3.8) is 0 Å². The second-order valence-corrected chi connectivity index (χ2v) is 8.39. The highest BCUT2D eigenvalue weighted by Gasteiger charge is 2.23. The first-order valence-corrected chi connectivity index (χ1v) is 10.1. The molecule has 138 valence electrons. The van der Waals surface area contributed by atoms with Gasteiger partial charge in [0.05, 0.1) is 10.6 Å². The van der Waals surface area contributed by atoms with Gasteiger partial charge in [-0.25, -0.2) is 8.42 Å². The molecule has 0 bridgehead atoms. The lowest BCUT2D eigenvalue weighted by molar-refractivity contribution is 0.0714. The van der Waals surface area contributed by atoms with E-state index >= 15 is 0 Å². The van der Waals surface area contributed by atoms with E-state index in [0.717, 1.165) is 12.8 Å². The summed E-state index contributed by atoms with van der Waals surface area (Å²) < 4.78 is 27.7. The van der Waals surface area contributed by atoms with Gasteiger partial charge < -0.3 is 10.6 Å². The molecule has 1 saturated heterocycles. The predicted octanol–water partition coefficient (Wildman–Crippen LogP) is 2.70. The normalized spacial score (nSPS) is 15.7. The van der Waals surface area contributed by atoms with Gasteiger partial charge in [-0.05, 0) is 49.2 Å². The standard InChI is InChI=1S/C18H20ClN3O3S/c19-14-4-2-5-16(12-14)21-26(24,25)17-6-1-3-13(11-17)18(23)22-9-7-15(20)8-10-22/h1-6,11-12,15,21H,7-10,20H2. The van der Waals surface area contributed by atoms with Crippen LogP contribution in [-0.2, 0) is 10.0 Å². The lowest BCUT2D eigenvalue weighted by Gasteiger charge is -2.30. The fourth-order valence-electron chi connectivity index (χ4n) is 2.85. The van der Waals surface area contributed by atoms with Crippen molar-refractivity contribution in [2.45, 2.75) is 23.8 Å². The van der Waals surface area contributed by atoms with Gasteiger partial charge in [0, 0.05) is 29.7 Å². The van der Waals surface area contributed by atoms with Crippen molar-refractivity contribution in [2.75, 3.05) is 17.8 Å². The van der Waals surface area contributed by atoms with Crippen LogP contribution in [0.3, 0.4) is 0 Å². The molecule has 1 aliphatic rings. The molecule has 3 rings (SSSR count). The fourth-order valence-corrected chi connectivity index (χ4v) is 4.13. The van der Waals surface area contributed by atoms with Crippen molar-refractivity contribution in [3.8, 4) is 0 Å². The Morgan fingerprint density at radius 2 is 1.81 bits per heavy atom. The smallest absolute Gasteiger partial charge is 0.261 e. The van der Waals surface area contributed by atoms with Crippen LogP contribution in [0.15, 0.2) is 53.4 Å². The molecule has 2 aromatic carbocycles. The average Bonchev–Trinajstić information content (AvgIpc) is 2.61. The van der Waals surface area contributed by atoms with Gasteiger partial charge in [0.15, 0.2) is 0 Å². The number of halogens is 1. The monoisotopic (exact) mass is 393 g/mol. The molecule has 2 aromatic rings. The molecule has 6 nitrogen and oxygen atoms in total. The van der Waals surface area contributed by atoms with E-state index in [4.69, 9.17) is 17.3 Å². The lowest BCUT2D eigenvalue weighted by Crippen LogP contribution is -2.42. The van der Waals surface area contributed by atoms with Crippen LogP contribution in [0, 0.1) is 0 Å². The average molecular weight is 394 g/mol. The van der Waals surface area contributed by atoms with Crippen LogP contribution < -0.4 is 10.5 Å². The van der Waals surface area contributed by atoms with Gasteiger partial charge in [0.25, 0.3) is 15.9 Å². The highest BCUT2D eigenvalue weighted by molar-refractivity contribution is 7.92. The van der Waals surface area contributed by atoms with E-state index in [-0.39, 0.29) is 16.8 Å². The van der Waals surface area contributed by atoms with Crippen LogP contribution >= 0.6 is 11.6 Å². The highest BCUT2D eigenvalue weighted by Crippen LogP contribution is 2.21. The summed E-state index contributed by atoms with van der Waals surface area (Å²) in [5.41, 5.74) is 6.57. The van der Waals surface area contributed by atoms with Crippen molar-refractivity contribution in [2.24, 2.45) is 5.73 Å². The van der Waals surface area contributed by atoms with Crippen molar-refractivity contribution < 1.29 is 13.2 Å². The molecule has 0 spiro atoms. The van der Waals surface area contributed by atoms with Crippen LogP contribution in [0.2, 0.25) is 5.02 Å². The third-order valence-corrected chi connectivity index (χ3v) is 5.91. The Bertz CT molecular complexity index is 909. The van der Waals surface area contributed by atoms with E-state index in [9.17, 15) is 13.2 Å². The van der Waals surface area contributed by atoms with Gasteiger partial charge in [-0.2, -0.15) is 0 Å². The van der Waals surface area contributed by atoms with Gasteiger partial charge >= 0.3 is 0 Å². The zero-order valence-electron chi connectivity index (χ0n) is 14.1. The minimum atomic E-state index is -3.82. The lowest BCUT2D eigenvalue weighted by atomic mass is 10.0. The Kier molecular flexibility index (Phi) is 5.50. The van der Waals surface area contributed by atoms with Crippen molar-refractivity contribution in [1.29, 1.82) is 0 Å². The van der Waals surface area contributed by atoms with Gasteiger partial charge in [-0.3, -0.25) is 9.52 Å². The number of nitrogens with zero attached hydrogens (tertiary/aromatic N) is 1. The van der Waals surface area contributed by atoms with Gasteiger partial charge in [0.1, 0.15) is 0 Å². The molecule has 1 amide bonds. The van der Waals surface area contributed by atoms with Crippen LogP contribution in [0.25, 0.3) is 0 Å². The largest absolute Gasteiger partial charge is 0.339 e.